The second kappa shape index (κ2) is 6.21. The van der Waals surface area contributed by atoms with Gasteiger partial charge in [-0.05, 0) is 30.0 Å². The molecule has 0 fully saturated rings. The minimum Gasteiger partial charge on any atom is -0.484 e. The molecule has 1 N–H and O–H groups in total. The Kier molecular flexibility index (Phi) is 4.36. The fourth-order valence-electron chi connectivity index (χ4n) is 1.51. The van der Waals surface area contributed by atoms with Gasteiger partial charge in [0.2, 0.25) is 0 Å². The summed E-state index contributed by atoms with van der Waals surface area (Å²) in [5.41, 5.74) is 1.03. The van der Waals surface area contributed by atoms with Gasteiger partial charge in [0.25, 0.3) is 5.91 Å². The predicted molar refractivity (Wildman–Crippen MR) is 72.8 cm³/mol. The van der Waals surface area contributed by atoms with Gasteiger partial charge in [0, 0.05) is 4.88 Å². The molecule has 0 radical (unpaired) electrons. The molecule has 1 aromatic carbocycles. The number of para-hydroxylation sites is 1. The molecular formula is C14H15NO2S. The summed E-state index contributed by atoms with van der Waals surface area (Å²) in [6.45, 7) is 2.57. The highest BCUT2D eigenvalue weighted by atomic mass is 32.1. The normalized spacial score (nSPS) is 10.1. The van der Waals surface area contributed by atoms with Crippen molar-refractivity contribution in [2.24, 2.45) is 0 Å². The molecule has 0 spiro atoms. The first kappa shape index (κ1) is 12.6. The number of ether oxygens (including phenoxy) is 1. The lowest BCUT2D eigenvalue weighted by atomic mass is 10.2. The molecule has 0 unspecified atom stereocenters. The van der Waals surface area contributed by atoms with E-state index in [1.807, 2.05) is 48.7 Å². The van der Waals surface area contributed by atoms with E-state index in [0.29, 0.717) is 6.54 Å². The smallest absolute Gasteiger partial charge is 0.258 e. The Bertz CT molecular complexity index is 508. The number of carbonyl (C=O) groups is 1. The van der Waals surface area contributed by atoms with Crippen LogP contribution in [0.4, 0.5) is 0 Å². The van der Waals surface area contributed by atoms with Crippen LogP contribution in [0.5, 0.6) is 5.75 Å². The number of hydrogen-bond acceptors (Lipinski definition) is 3. The van der Waals surface area contributed by atoms with Crippen molar-refractivity contribution in [2.75, 3.05) is 6.61 Å². The molecule has 1 aromatic heterocycles. The zero-order chi connectivity index (χ0) is 12.8. The van der Waals surface area contributed by atoms with Crippen molar-refractivity contribution in [1.29, 1.82) is 0 Å². The van der Waals surface area contributed by atoms with Crippen LogP contribution >= 0.6 is 11.3 Å². The first-order valence-corrected chi connectivity index (χ1v) is 6.61. The predicted octanol–water partition coefficient (Wildman–Crippen LogP) is 2.75. The zero-order valence-corrected chi connectivity index (χ0v) is 11.0. The Hall–Kier alpha value is -1.81. The van der Waals surface area contributed by atoms with Gasteiger partial charge in [0.05, 0.1) is 6.54 Å². The maximum atomic E-state index is 11.6. The number of aryl methyl sites for hydroxylation is 1. The molecule has 0 saturated carbocycles. The summed E-state index contributed by atoms with van der Waals surface area (Å²) in [7, 11) is 0. The molecule has 0 aliphatic heterocycles. The molecular weight excluding hydrogens is 246 g/mol. The second-order valence-corrected chi connectivity index (χ2v) is 4.94. The number of rotatable bonds is 5. The number of nitrogens with one attached hydrogen (secondary N) is 1. The SMILES string of the molecule is Cc1ccccc1OCC(=O)NCc1cccs1. The van der Waals surface area contributed by atoms with Gasteiger partial charge in [-0.1, -0.05) is 24.3 Å². The van der Waals surface area contributed by atoms with E-state index in [4.69, 9.17) is 4.74 Å². The zero-order valence-electron chi connectivity index (χ0n) is 10.2. The van der Waals surface area contributed by atoms with E-state index in [2.05, 4.69) is 5.32 Å². The summed E-state index contributed by atoms with van der Waals surface area (Å²) in [4.78, 5) is 12.7. The van der Waals surface area contributed by atoms with Crippen LogP contribution in [0.15, 0.2) is 41.8 Å². The Morgan fingerprint density at radius 3 is 2.83 bits per heavy atom. The average molecular weight is 261 g/mol. The number of benzene rings is 1. The first-order chi connectivity index (χ1) is 8.75. The van der Waals surface area contributed by atoms with Crippen molar-refractivity contribution in [2.45, 2.75) is 13.5 Å². The molecule has 0 aliphatic carbocycles. The molecule has 0 saturated heterocycles. The Morgan fingerprint density at radius 2 is 2.11 bits per heavy atom. The third kappa shape index (κ3) is 3.60. The van der Waals surface area contributed by atoms with E-state index in [1.54, 1.807) is 11.3 Å². The quantitative estimate of drug-likeness (QED) is 0.898. The largest absolute Gasteiger partial charge is 0.484 e. The summed E-state index contributed by atoms with van der Waals surface area (Å²) in [6, 6.07) is 11.6. The van der Waals surface area contributed by atoms with Gasteiger partial charge in [-0.3, -0.25) is 4.79 Å². The molecule has 3 nitrogen and oxygen atoms in total. The number of amides is 1. The van der Waals surface area contributed by atoms with Crippen molar-refractivity contribution in [3.63, 3.8) is 0 Å². The van der Waals surface area contributed by atoms with Gasteiger partial charge in [0.1, 0.15) is 5.75 Å². The molecule has 2 rings (SSSR count). The van der Waals surface area contributed by atoms with Crippen LogP contribution in [0.2, 0.25) is 0 Å². The molecule has 0 atom stereocenters. The topological polar surface area (TPSA) is 38.3 Å². The minimum absolute atomic E-state index is 0.0518. The third-order valence-electron chi connectivity index (χ3n) is 2.49. The lowest BCUT2D eigenvalue weighted by Gasteiger charge is -2.08. The molecule has 94 valence electrons. The summed E-state index contributed by atoms with van der Waals surface area (Å²) in [5.74, 6) is 0.649. The van der Waals surface area contributed by atoms with Gasteiger partial charge in [-0.2, -0.15) is 0 Å². The van der Waals surface area contributed by atoms with Crippen LogP contribution in [-0.2, 0) is 11.3 Å². The van der Waals surface area contributed by atoms with Crippen LogP contribution in [0, 0.1) is 6.92 Å². The minimum atomic E-state index is -0.105. The maximum Gasteiger partial charge on any atom is 0.258 e. The molecule has 0 aliphatic rings. The standard InChI is InChI=1S/C14H15NO2S/c1-11-5-2-3-7-13(11)17-10-14(16)15-9-12-6-4-8-18-12/h2-8H,9-10H2,1H3,(H,15,16). The maximum absolute atomic E-state index is 11.6. The van der Waals surface area contributed by atoms with Crippen molar-refractivity contribution in [3.05, 3.63) is 52.2 Å². The molecule has 18 heavy (non-hydrogen) atoms. The van der Waals surface area contributed by atoms with Crippen LogP contribution in [0.25, 0.3) is 0 Å². The summed E-state index contributed by atoms with van der Waals surface area (Å²) < 4.78 is 5.46. The molecule has 0 bridgehead atoms. The summed E-state index contributed by atoms with van der Waals surface area (Å²) in [6.07, 6.45) is 0. The molecule has 1 amide bonds. The Morgan fingerprint density at radius 1 is 1.28 bits per heavy atom. The highest BCUT2D eigenvalue weighted by Gasteiger charge is 2.04. The van der Waals surface area contributed by atoms with E-state index in [0.717, 1.165) is 16.2 Å². The fraction of sp³-hybridized carbons (Fsp3) is 0.214. The van der Waals surface area contributed by atoms with Crippen LogP contribution < -0.4 is 10.1 Å². The van der Waals surface area contributed by atoms with Gasteiger partial charge in [0.15, 0.2) is 6.61 Å². The molecule has 1 heterocycles. The van der Waals surface area contributed by atoms with E-state index in [-0.39, 0.29) is 12.5 Å². The third-order valence-corrected chi connectivity index (χ3v) is 3.37. The van der Waals surface area contributed by atoms with Gasteiger partial charge < -0.3 is 10.1 Å². The summed E-state index contributed by atoms with van der Waals surface area (Å²) >= 11 is 1.63. The molecule has 4 heteroatoms. The van der Waals surface area contributed by atoms with Gasteiger partial charge in [-0.25, -0.2) is 0 Å². The Balaban J connectivity index is 1.77. The van der Waals surface area contributed by atoms with E-state index in [1.165, 1.54) is 0 Å². The van der Waals surface area contributed by atoms with E-state index >= 15 is 0 Å². The average Bonchev–Trinajstić information content (AvgIpc) is 2.88. The number of carbonyl (C=O) groups excluding carboxylic acids is 1. The Labute approximate surface area is 110 Å². The lowest BCUT2D eigenvalue weighted by Crippen LogP contribution is -2.28. The number of thiophene rings is 1. The van der Waals surface area contributed by atoms with Crippen LogP contribution in [0.3, 0.4) is 0 Å². The van der Waals surface area contributed by atoms with Crippen LogP contribution in [0.1, 0.15) is 10.4 Å². The van der Waals surface area contributed by atoms with Gasteiger partial charge >= 0.3 is 0 Å². The fourth-order valence-corrected chi connectivity index (χ4v) is 2.16. The highest BCUT2D eigenvalue weighted by molar-refractivity contribution is 7.09. The van der Waals surface area contributed by atoms with Crippen molar-refractivity contribution < 1.29 is 9.53 Å². The van der Waals surface area contributed by atoms with E-state index < -0.39 is 0 Å². The van der Waals surface area contributed by atoms with Crippen molar-refractivity contribution in [1.82, 2.24) is 5.32 Å². The van der Waals surface area contributed by atoms with E-state index in [9.17, 15) is 4.79 Å². The van der Waals surface area contributed by atoms with Crippen molar-refractivity contribution >= 4 is 17.2 Å². The second-order valence-electron chi connectivity index (χ2n) is 3.91. The molecule has 2 aromatic rings. The van der Waals surface area contributed by atoms with Crippen LogP contribution in [-0.4, -0.2) is 12.5 Å². The first-order valence-electron chi connectivity index (χ1n) is 5.73. The van der Waals surface area contributed by atoms with Gasteiger partial charge in [-0.15, -0.1) is 11.3 Å². The summed E-state index contributed by atoms with van der Waals surface area (Å²) in [5, 5.41) is 4.81. The lowest BCUT2D eigenvalue weighted by molar-refractivity contribution is -0.123. The highest BCUT2D eigenvalue weighted by Crippen LogP contribution is 2.15. The monoisotopic (exact) mass is 261 g/mol. The van der Waals surface area contributed by atoms with Crippen molar-refractivity contribution in [3.8, 4) is 5.75 Å². The number of hydrogen-bond donors (Lipinski definition) is 1.